The van der Waals surface area contributed by atoms with Crippen LogP contribution in [0, 0.1) is 19.3 Å². The Morgan fingerprint density at radius 2 is 2.00 bits per heavy atom. The highest BCUT2D eigenvalue weighted by molar-refractivity contribution is 5.77. The van der Waals surface area contributed by atoms with Crippen molar-refractivity contribution in [2.75, 3.05) is 0 Å². The van der Waals surface area contributed by atoms with Crippen LogP contribution in [0.5, 0.6) is 0 Å². The first-order valence-electron chi connectivity index (χ1n) is 5.85. The summed E-state index contributed by atoms with van der Waals surface area (Å²) < 4.78 is 1.84. The molecule has 94 valence electrons. The molecule has 0 spiro atoms. The number of hydrogen-bond acceptors (Lipinski definition) is 3. The van der Waals surface area contributed by atoms with Gasteiger partial charge in [-0.2, -0.15) is 5.10 Å². The Morgan fingerprint density at radius 3 is 2.50 bits per heavy atom. The van der Waals surface area contributed by atoms with E-state index in [2.05, 4.69) is 10.1 Å². The van der Waals surface area contributed by atoms with E-state index in [4.69, 9.17) is 11.1 Å². The molecule has 5 nitrogen and oxygen atoms in total. The highest BCUT2D eigenvalue weighted by Crippen LogP contribution is 2.22. The number of rotatable bonds is 4. The van der Waals surface area contributed by atoms with E-state index in [0.29, 0.717) is 6.42 Å². The van der Waals surface area contributed by atoms with Crippen molar-refractivity contribution in [1.29, 1.82) is 5.41 Å². The number of nitrogens with zero attached hydrogens (tertiary/aromatic N) is 3. The summed E-state index contributed by atoms with van der Waals surface area (Å²) in [5.74, 6) is 1.72. The van der Waals surface area contributed by atoms with E-state index >= 15 is 0 Å². The summed E-state index contributed by atoms with van der Waals surface area (Å²) in [7, 11) is 0. The SMILES string of the molecule is Cc1nc(C)n(C(CC(=N)N)c2ccccc2)n1. The Balaban J connectivity index is 2.43. The van der Waals surface area contributed by atoms with E-state index in [1.165, 1.54) is 0 Å². The van der Waals surface area contributed by atoms with Gasteiger partial charge >= 0.3 is 0 Å². The third-order valence-electron chi connectivity index (χ3n) is 2.80. The predicted octanol–water partition coefficient (Wildman–Crippen LogP) is 1.81. The van der Waals surface area contributed by atoms with E-state index < -0.39 is 0 Å². The van der Waals surface area contributed by atoms with Crippen LogP contribution in [0.25, 0.3) is 0 Å². The van der Waals surface area contributed by atoms with E-state index in [0.717, 1.165) is 17.2 Å². The van der Waals surface area contributed by atoms with Gasteiger partial charge in [0, 0.05) is 6.42 Å². The number of amidine groups is 1. The number of aromatic nitrogens is 3. The molecule has 0 fully saturated rings. The van der Waals surface area contributed by atoms with Crippen molar-refractivity contribution in [3.63, 3.8) is 0 Å². The van der Waals surface area contributed by atoms with Gasteiger partial charge in [0.2, 0.25) is 0 Å². The molecule has 0 aliphatic carbocycles. The lowest BCUT2D eigenvalue weighted by Gasteiger charge is -2.18. The largest absolute Gasteiger partial charge is 0.388 e. The van der Waals surface area contributed by atoms with Gasteiger partial charge < -0.3 is 5.73 Å². The zero-order valence-electron chi connectivity index (χ0n) is 10.6. The Labute approximate surface area is 106 Å². The molecule has 1 heterocycles. The molecule has 0 saturated heterocycles. The molecule has 0 aliphatic heterocycles. The van der Waals surface area contributed by atoms with E-state index in [1.807, 2.05) is 48.9 Å². The summed E-state index contributed by atoms with van der Waals surface area (Å²) in [6.07, 6.45) is 0.438. The van der Waals surface area contributed by atoms with E-state index in [9.17, 15) is 0 Å². The van der Waals surface area contributed by atoms with Crippen LogP contribution in [0.3, 0.4) is 0 Å². The molecule has 1 atom stereocenters. The van der Waals surface area contributed by atoms with Gasteiger partial charge in [0.05, 0.1) is 11.9 Å². The quantitative estimate of drug-likeness (QED) is 0.634. The first kappa shape index (κ1) is 12.3. The molecule has 2 aromatic rings. The van der Waals surface area contributed by atoms with Gasteiger partial charge in [0.15, 0.2) is 0 Å². The van der Waals surface area contributed by atoms with Crippen LogP contribution < -0.4 is 5.73 Å². The van der Waals surface area contributed by atoms with Crippen LogP contribution >= 0.6 is 0 Å². The van der Waals surface area contributed by atoms with Crippen molar-refractivity contribution in [2.45, 2.75) is 26.3 Å². The molecule has 2 rings (SSSR count). The van der Waals surface area contributed by atoms with Crippen molar-refractivity contribution in [2.24, 2.45) is 5.73 Å². The first-order chi connectivity index (χ1) is 8.58. The summed E-state index contributed by atoms with van der Waals surface area (Å²) in [4.78, 5) is 4.31. The second kappa shape index (κ2) is 5.00. The molecule has 5 heteroatoms. The highest BCUT2D eigenvalue weighted by Gasteiger charge is 2.18. The van der Waals surface area contributed by atoms with Crippen LogP contribution in [0.4, 0.5) is 0 Å². The maximum absolute atomic E-state index is 7.52. The normalized spacial score (nSPS) is 12.3. The van der Waals surface area contributed by atoms with Crippen molar-refractivity contribution < 1.29 is 0 Å². The molecule has 0 aliphatic rings. The number of hydrogen-bond donors (Lipinski definition) is 2. The fourth-order valence-electron chi connectivity index (χ4n) is 2.06. The Kier molecular flexibility index (Phi) is 3.41. The lowest BCUT2D eigenvalue weighted by molar-refractivity contribution is 0.518. The van der Waals surface area contributed by atoms with Crippen molar-refractivity contribution in [3.05, 3.63) is 47.5 Å². The molecular weight excluding hydrogens is 226 g/mol. The minimum atomic E-state index is -0.0649. The lowest BCUT2D eigenvalue weighted by Crippen LogP contribution is -2.21. The molecule has 1 aromatic carbocycles. The summed E-state index contributed by atoms with van der Waals surface area (Å²) in [6.45, 7) is 3.77. The van der Waals surface area contributed by atoms with Crippen molar-refractivity contribution in [1.82, 2.24) is 14.8 Å². The van der Waals surface area contributed by atoms with Crippen molar-refractivity contribution >= 4 is 5.84 Å². The molecule has 1 aromatic heterocycles. The van der Waals surface area contributed by atoms with Crippen LogP contribution in [0.2, 0.25) is 0 Å². The molecule has 0 saturated carbocycles. The van der Waals surface area contributed by atoms with Gasteiger partial charge in [-0.3, -0.25) is 5.41 Å². The molecule has 3 N–H and O–H groups in total. The lowest BCUT2D eigenvalue weighted by atomic mass is 10.0. The molecule has 18 heavy (non-hydrogen) atoms. The summed E-state index contributed by atoms with van der Waals surface area (Å²) in [5.41, 5.74) is 6.63. The van der Waals surface area contributed by atoms with Crippen LogP contribution in [0.15, 0.2) is 30.3 Å². The van der Waals surface area contributed by atoms with Gasteiger partial charge in [0.1, 0.15) is 11.6 Å². The third kappa shape index (κ3) is 2.56. The molecule has 0 amide bonds. The minimum Gasteiger partial charge on any atom is -0.388 e. The summed E-state index contributed by atoms with van der Waals surface area (Å²) in [5, 5.41) is 11.9. The van der Waals surface area contributed by atoms with E-state index in [1.54, 1.807) is 0 Å². The van der Waals surface area contributed by atoms with Gasteiger partial charge in [-0.25, -0.2) is 9.67 Å². The van der Waals surface area contributed by atoms with Crippen LogP contribution in [-0.4, -0.2) is 20.6 Å². The molecule has 0 radical (unpaired) electrons. The number of benzene rings is 1. The van der Waals surface area contributed by atoms with Gasteiger partial charge in [-0.05, 0) is 19.4 Å². The van der Waals surface area contributed by atoms with Gasteiger partial charge in [0.25, 0.3) is 0 Å². The van der Waals surface area contributed by atoms with E-state index in [-0.39, 0.29) is 11.9 Å². The topological polar surface area (TPSA) is 80.6 Å². The minimum absolute atomic E-state index is 0.0649. The molecule has 1 unspecified atom stereocenters. The van der Waals surface area contributed by atoms with Gasteiger partial charge in [-0.1, -0.05) is 30.3 Å². The second-order valence-corrected chi connectivity index (χ2v) is 4.31. The molecule has 0 bridgehead atoms. The summed E-state index contributed by atoms with van der Waals surface area (Å²) >= 11 is 0. The first-order valence-corrected chi connectivity index (χ1v) is 5.85. The maximum atomic E-state index is 7.52. The third-order valence-corrected chi connectivity index (χ3v) is 2.80. The monoisotopic (exact) mass is 243 g/mol. The fourth-order valence-corrected chi connectivity index (χ4v) is 2.06. The Morgan fingerprint density at radius 1 is 1.33 bits per heavy atom. The van der Waals surface area contributed by atoms with Crippen LogP contribution in [0.1, 0.15) is 29.7 Å². The molecular formula is C13H17N5. The number of aryl methyl sites for hydroxylation is 2. The Bertz CT molecular complexity index is 544. The average Bonchev–Trinajstić information content (AvgIpc) is 2.66. The zero-order chi connectivity index (χ0) is 13.1. The number of nitrogens with one attached hydrogen (secondary N) is 1. The second-order valence-electron chi connectivity index (χ2n) is 4.31. The highest BCUT2D eigenvalue weighted by atomic mass is 15.4. The fraction of sp³-hybridized carbons (Fsp3) is 0.308. The van der Waals surface area contributed by atoms with Gasteiger partial charge in [-0.15, -0.1) is 0 Å². The number of nitrogens with two attached hydrogens (primary N) is 1. The standard InChI is InChI=1S/C13H17N5/c1-9-16-10(2)18(17-9)12(8-13(14)15)11-6-4-3-5-7-11/h3-7,12H,8H2,1-2H3,(H3,14,15). The van der Waals surface area contributed by atoms with Crippen molar-refractivity contribution in [3.8, 4) is 0 Å². The maximum Gasteiger partial charge on any atom is 0.147 e. The zero-order valence-corrected chi connectivity index (χ0v) is 10.6. The average molecular weight is 243 g/mol. The summed E-state index contributed by atoms with van der Waals surface area (Å²) in [6, 6.07) is 9.88. The predicted molar refractivity (Wildman–Crippen MR) is 70.6 cm³/mol. The van der Waals surface area contributed by atoms with Crippen LogP contribution in [-0.2, 0) is 0 Å². The smallest absolute Gasteiger partial charge is 0.147 e. The Hall–Kier alpha value is -2.17.